The number of rotatable bonds is 2. The van der Waals surface area contributed by atoms with Crippen LogP contribution in [0, 0.1) is 5.82 Å². The Kier molecular flexibility index (Phi) is 2.69. The highest BCUT2D eigenvalue weighted by Crippen LogP contribution is 2.27. The fourth-order valence-electron chi connectivity index (χ4n) is 1.08. The van der Waals surface area contributed by atoms with E-state index in [1.165, 1.54) is 18.2 Å². The van der Waals surface area contributed by atoms with E-state index in [1.54, 1.807) is 0 Å². The van der Waals surface area contributed by atoms with Gasteiger partial charge in [-0.15, -0.1) is 0 Å². The maximum Gasteiger partial charge on any atom is 0.377 e. The van der Waals surface area contributed by atoms with Crippen LogP contribution in [0.15, 0.2) is 27.2 Å². The summed E-state index contributed by atoms with van der Waals surface area (Å²) in [6, 6.07) is 3.89. The van der Waals surface area contributed by atoms with Crippen LogP contribution in [-0.2, 0) is 0 Å². The number of hydrogen-bond donors (Lipinski definition) is 1. The van der Waals surface area contributed by atoms with Gasteiger partial charge in [0, 0.05) is 4.47 Å². The molecule has 0 saturated heterocycles. The quantitative estimate of drug-likeness (QED) is 0.917. The topological polar surface area (TPSA) is 76.2 Å². The number of carbonyl (C=O) groups is 1. The fraction of sp³-hybridized carbons (Fsp3) is 0. The molecule has 2 aromatic rings. The van der Waals surface area contributed by atoms with Crippen LogP contribution in [0.1, 0.15) is 10.6 Å². The van der Waals surface area contributed by atoms with Gasteiger partial charge in [-0.25, -0.2) is 9.18 Å². The van der Waals surface area contributed by atoms with Gasteiger partial charge >= 0.3 is 5.97 Å². The SMILES string of the molecule is O=C(O)c1noc(-c2cc(F)ccc2Br)n1. The van der Waals surface area contributed by atoms with E-state index < -0.39 is 17.6 Å². The zero-order valence-corrected chi connectivity index (χ0v) is 9.23. The first-order valence-electron chi connectivity index (χ1n) is 4.10. The Hall–Kier alpha value is -1.76. The van der Waals surface area contributed by atoms with Crippen molar-refractivity contribution in [2.75, 3.05) is 0 Å². The molecular formula is C9H4BrFN2O3. The van der Waals surface area contributed by atoms with Crippen molar-refractivity contribution in [2.24, 2.45) is 0 Å². The van der Waals surface area contributed by atoms with Gasteiger partial charge in [0.15, 0.2) is 0 Å². The summed E-state index contributed by atoms with van der Waals surface area (Å²) in [4.78, 5) is 14.1. The van der Waals surface area contributed by atoms with Gasteiger partial charge in [0.05, 0.1) is 5.56 Å². The third-order valence-electron chi connectivity index (χ3n) is 1.78. The van der Waals surface area contributed by atoms with Crippen LogP contribution in [0.2, 0.25) is 0 Å². The van der Waals surface area contributed by atoms with Gasteiger partial charge in [-0.05, 0) is 39.3 Å². The van der Waals surface area contributed by atoms with Gasteiger partial charge in [0.1, 0.15) is 5.82 Å². The van der Waals surface area contributed by atoms with Crippen LogP contribution in [0.25, 0.3) is 11.5 Å². The summed E-state index contributed by atoms with van der Waals surface area (Å²) in [5.41, 5.74) is 0.306. The summed E-state index contributed by atoms with van der Waals surface area (Å²) in [5, 5.41) is 11.8. The van der Waals surface area contributed by atoms with E-state index in [0.717, 1.165) is 0 Å². The summed E-state index contributed by atoms with van der Waals surface area (Å²) in [7, 11) is 0. The highest BCUT2D eigenvalue weighted by molar-refractivity contribution is 9.10. The monoisotopic (exact) mass is 286 g/mol. The molecule has 1 aromatic carbocycles. The van der Waals surface area contributed by atoms with Crippen molar-refractivity contribution in [3.63, 3.8) is 0 Å². The molecule has 0 aliphatic heterocycles. The number of carboxylic acids is 1. The van der Waals surface area contributed by atoms with E-state index in [0.29, 0.717) is 10.0 Å². The average Bonchev–Trinajstić information content (AvgIpc) is 2.70. The maximum absolute atomic E-state index is 13.0. The van der Waals surface area contributed by atoms with Crippen molar-refractivity contribution in [1.82, 2.24) is 10.1 Å². The van der Waals surface area contributed by atoms with Crippen molar-refractivity contribution in [3.05, 3.63) is 34.3 Å². The van der Waals surface area contributed by atoms with Crippen LogP contribution in [0.3, 0.4) is 0 Å². The Bertz CT molecular complexity index is 555. The minimum atomic E-state index is -1.30. The van der Waals surface area contributed by atoms with E-state index in [-0.39, 0.29) is 5.89 Å². The molecule has 1 N–H and O–H groups in total. The summed E-state index contributed by atoms with van der Waals surface area (Å²) < 4.78 is 18.2. The molecule has 7 heteroatoms. The highest BCUT2D eigenvalue weighted by Gasteiger charge is 2.16. The normalized spacial score (nSPS) is 10.4. The third kappa shape index (κ3) is 1.94. The molecule has 0 unspecified atom stereocenters. The molecule has 0 fully saturated rings. The first-order chi connectivity index (χ1) is 7.58. The second-order valence-corrected chi connectivity index (χ2v) is 3.71. The standard InChI is InChI=1S/C9H4BrFN2O3/c10-6-2-1-4(11)3-5(6)8-12-7(9(14)15)13-16-8/h1-3H,(H,14,15). The lowest BCUT2D eigenvalue weighted by Crippen LogP contribution is -1.98. The Morgan fingerprint density at radius 3 is 2.88 bits per heavy atom. The zero-order valence-electron chi connectivity index (χ0n) is 7.65. The molecule has 0 radical (unpaired) electrons. The van der Waals surface area contributed by atoms with Crippen LogP contribution in [-0.4, -0.2) is 21.2 Å². The first kappa shape index (κ1) is 10.7. The molecule has 16 heavy (non-hydrogen) atoms. The van der Waals surface area contributed by atoms with Gasteiger partial charge < -0.3 is 9.63 Å². The van der Waals surface area contributed by atoms with Crippen molar-refractivity contribution in [2.45, 2.75) is 0 Å². The van der Waals surface area contributed by atoms with Crippen molar-refractivity contribution in [3.8, 4) is 11.5 Å². The number of carboxylic acid groups (broad SMARTS) is 1. The average molecular weight is 287 g/mol. The highest BCUT2D eigenvalue weighted by atomic mass is 79.9. The van der Waals surface area contributed by atoms with Crippen molar-refractivity contribution in [1.29, 1.82) is 0 Å². The Morgan fingerprint density at radius 2 is 2.25 bits per heavy atom. The van der Waals surface area contributed by atoms with E-state index in [2.05, 4.69) is 26.1 Å². The van der Waals surface area contributed by atoms with Gasteiger partial charge in [-0.1, -0.05) is 0 Å². The molecule has 0 atom stereocenters. The lowest BCUT2D eigenvalue weighted by atomic mass is 10.2. The molecule has 2 rings (SSSR count). The van der Waals surface area contributed by atoms with Gasteiger partial charge in [-0.2, -0.15) is 4.98 Å². The molecule has 1 aromatic heterocycles. The van der Waals surface area contributed by atoms with Crippen LogP contribution in [0.5, 0.6) is 0 Å². The molecule has 0 saturated carbocycles. The molecule has 0 amide bonds. The van der Waals surface area contributed by atoms with Crippen molar-refractivity contribution >= 4 is 21.9 Å². The molecule has 0 aliphatic rings. The van der Waals surface area contributed by atoms with Gasteiger partial charge in [0.25, 0.3) is 11.7 Å². The predicted molar refractivity (Wildman–Crippen MR) is 54.4 cm³/mol. The number of halogens is 2. The van der Waals surface area contributed by atoms with E-state index in [1.807, 2.05) is 0 Å². The molecular weight excluding hydrogens is 283 g/mol. The lowest BCUT2D eigenvalue weighted by Gasteiger charge is -1.97. The second-order valence-electron chi connectivity index (χ2n) is 2.85. The van der Waals surface area contributed by atoms with Crippen LogP contribution in [0.4, 0.5) is 4.39 Å². The number of nitrogens with zero attached hydrogens (tertiary/aromatic N) is 2. The lowest BCUT2D eigenvalue weighted by molar-refractivity contribution is 0.0680. The predicted octanol–water partition coefficient (Wildman–Crippen LogP) is 2.34. The smallest absolute Gasteiger partial charge is 0.377 e. The zero-order chi connectivity index (χ0) is 11.7. The Balaban J connectivity index is 2.50. The molecule has 0 spiro atoms. The van der Waals surface area contributed by atoms with Gasteiger partial charge in [-0.3, -0.25) is 0 Å². The number of aromatic nitrogens is 2. The molecule has 0 aliphatic carbocycles. The number of hydrogen-bond acceptors (Lipinski definition) is 4. The molecule has 1 heterocycles. The summed E-state index contributed by atoms with van der Waals surface area (Å²) in [6.45, 7) is 0. The molecule has 82 valence electrons. The minimum absolute atomic E-state index is 0.0521. The van der Waals surface area contributed by atoms with Crippen LogP contribution >= 0.6 is 15.9 Å². The van der Waals surface area contributed by atoms with E-state index >= 15 is 0 Å². The van der Waals surface area contributed by atoms with Crippen LogP contribution < -0.4 is 0 Å². The maximum atomic E-state index is 13.0. The molecule has 0 bridgehead atoms. The largest absolute Gasteiger partial charge is 0.475 e. The fourth-order valence-corrected chi connectivity index (χ4v) is 1.50. The van der Waals surface area contributed by atoms with E-state index in [9.17, 15) is 9.18 Å². The first-order valence-corrected chi connectivity index (χ1v) is 4.89. The van der Waals surface area contributed by atoms with E-state index in [4.69, 9.17) is 9.63 Å². The molecule has 5 nitrogen and oxygen atoms in total. The Labute approximate surface area is 97.0 Å². The minimum Gasteiger partial charge on any atom is -0.475 e. The number of benzene rings is 1. The van der Waals surface area contributed by atoms with Gasteiger partial charge in [0.2, 0.25) is 0 Å². The number of aromatic carboxylic acids is 1. The summed E-state index contributed by atoms with van der Waals surface area (Å²) >= 11 is 3.17. The second kappa shape index (κ2) is 4.01. The summed E-state index contributed by atoms with van der Waals surface area (Å²) in [5.74, 6) is -2.30. The Morgan fingerprint density at radius 1 is 1.50 bits per heavy atom. The third-order valence-corrected chi connectivity index (χ3v) is 2.47. The van der Waals surface area contributed by atoms with Crippen molar-refractivity contribution < 1.29 is 18.8 Å². The summed E-state index contributed by atoms with van der Waals surface area (Å²) in [6.07, 6.45) is 0.